The van der Waals surface area contributed by atoms with Gasteiger partial charge in [0, 0.05) is 13.2 Å². The maximum absolute atomic E-state index is 4.34. The van der Waals surface area contributed by atoms with E-state index in [0.29, 0.717) is 6.04 Å². The topological polar surface area (TPSA) is 41.9 Å². The summed E-state index contributed by atoms with van der Waals surface area (Å²) in [5, 5.41) is 10.6. The van der Waals surface area contributed by atoms with Crippen LogP contribution in [0.3, 0.4) is 0 Å². The Labute approximate surface area is 85.7 Å². The molecular weight excluding hydrogens is 176 g/mol. The zero-order chi connectivity index (χ0) is 10.4. The van der Waals surface area contributed by atoms with Crippen molar-refractivity contribution in [1.29, 1.82) is 0 Å². The number of aromatic nitrogens is 2. The predicted octanol–water partition coefficient (Wildman–Crippen LogP) is 1.49. The van der Waals surface area contributed by atoms with E-state index < -0.39 is 0 Å². The van der Waals surface area contributed by atoms with Crippen molar-refractivity contribution in [3.05, 3.63) is 12.4 Å². The van der Waals surface area contributed by atoms with Gasteiger partial charge in [-0.25, -0.2) is 0 Å². The fourth-order valence-corrected chi connectivity index (χ4v) is 1.50. The number of hydrogen-bond acceptors (Lipinski definition) is 3. The second-order valence-corrected chi connectivity index (χ2v) is 3.41. The summed E-state index contributed by atoms with van der Waals surface area (Å²) in [6, 6.07) is 0.504. The highest BCUT2D eigenvalue weighted by atomic mass is 15.3. The van der Waals surface area contributed by atoms with Crippen molar-refractivity contribution < 1.29 is 0 Å². The molecule has 1 aromatic heterocycles. The molecule has 0 aliphatic rings. The zero-order valence-electron chi connectivity index (χ0n) is 9.25. The van der Waals surface area contributed by atoms with Crippen LogP contribution >= 0.6 is 0 Å². The van der Waals surface area contributed by atoms with E-state index >= 15 is 0 Å². The van der Waals surface area contributed by atoms with Crippen LogP contribution in [0.25, 0.3) is 0 Å². The van der Waals surface area contributed by atoms with Crippen LogP contribution in [0.4, 0.5) is 5.69 Å². The number of nitrogens with zero attached hydrogens (tertiary/aromatic N) is 2. The lowest BCUT2D eigenvalue weighted by molar-refractivity contribution is 0.408. The minimum atomic E-state index is 0.504. The largest absolute Gasteiger partial charge is 0.386 e. The zero-order valence-corrected chi connectivity index (χ0v) is 9.25. The van der Waals surface area contributed by atoms with Crippen LogP contribution in [0.15, 0.2) is 12.4 Å². The van der Waals surface area contributed by atoms with Gasteiger partial charge in [0.05, 0.1) is 17.9 Å². The second-order valence-electron chi connectivity index (χ2n) is 3.41. The lowest BCUT2D eigenvalue weighted by atomic mass is 10.1. The maximum atomic E-state index is 4.34. The number of anilines is 1. The van der Waals surface area contributed by atoms with Crippen LogP contribution in [0.5, 0.6) is 0 Å². The SMILES string of the molecule is CCC(CCNC)n1cc(NC)cn1. The van der Waals surface area contributed by atoms with Crippen molar-refractivity contribution in [1.82, 2.24) is 15.1 Å². The first-order chi connectivity index (χ1) is 6.81. The molecule has 1 atom stereocenters. The first-order valence-corrected chi connectivity index (χ1v) is 5.18. The molecule has 1 aromatic rings. The van der Waals surface area contributed by atoms with Crippen LogP contribution in [0.2, 0.25) is 0 Å². The quantitative estimate of drug-likeness (QED) is 0.724. The van der Waals surface area contributed by atoms with Gasteiger partial charge in [-0.1, -0.05) is 6.92 Å². The molecule has 0 spiro atoms. The van der Waals surface area contributed by atoms with Crippen molar-refractivity contribution in [3.63, 3.8) is 0 Å². The van der Waals surface area contributed by atoms with Crippen molar-refractivity contribution in [2.45, 2.75) is 25.8 Å². The van der Waals surface area contributed by atoms with Gasteiger partial charge in [0.1, 0.15) is 0 Å². The molecule has 0 radical (unpaired) electrons. The van der Waals surface area contributed by atoms with Gasteiger partial charge >= 0.3 is 0 Å². The van der Waals surface area contributed by atoms with Crippen molar-refractivity contribution in [3.8, 4) is 0 Å². The van der Waals surface area contributed by atoms with Crippen LogP contribution in [0, 0.1) is 0 Å². The highest BCUT2D eigenvalue weighted by Crippen LogP contribution is 2.16. The molecule has 1 rings (SSSR count). The minimum absolute atomic E-state index is 0.504. The summed E-state index contributed by atoms with van der Waals surface area (Å²) in [6.45, 7) is 3.23. The second kappa shape index (κ2) is 5.65. The first kappa shape index (κ1) is 11.0. The molecule has 4 heteroatoms. The molecule has 0 fully saturated rings. The predicted molar refractivity (Wildman–Crippen MR) is 59.6 cm³/mol. The van der Waals surface area contributed by atoms with Crippen LogP contribution in [-0.2, 0) is 0 Å². The Hall–Kier alpha value is -1.03. The molecule has 80 valence electrons. The molecule has 0 amide bonds. The molecule has 0 aliphatic heterocycles. The molecule has 0 aromatic carbocycles. The van der Waals surface area contributed by atoms with E-state index in [1.807, 2.05) is 25.0 Å². The van der Waals surface area contributed by atoms with Gasteiger partial charge in [0.2, 0.25) is 0 Å². The molecule has 0 saturated carbocycles. The van der Waals surface area contributed by atoms with Gasteiger partial charge in [-0.15, -0.1) is 0 Å². The van der Waals surface area contributed by atoms with E-state index in [1.54, 1.807) is 0 Å². The van der Waals surface area contributed by atoms with Gasteiger partial charge in [-0.2, -0.15) is 5.10 Å². The molecule has 1 heterocycles. The summed E-state index contributed by atoms with van der Waals surface area (Å²) in [5.74, 6) is 0. The summed E-state index contributed by atoms with van der Waals surface area (Å²) in [5.41, 5.74) is 1.08. The fraction of sp³-hybridized carbons (Fsp3) is 0.700. The summed E-state index contributed by atoms with van der Waals surface area (Å²) < 4.78 is 2.04. The van der Waals surface area contributed by atoms with Crippen LogP contribution in [-0.4, -0.2) is 30.4 Å². The Balaban J connectivity index is 2.58. The summed E-state index contributed by atoms with van der Waals surface area (Å²) in [4.78, 5) is 0. The van der Waals surface area contributed by atoms with E-state index in [9.17, 15) is 0 Å². The monoisotopic (exact) mass is 196 g/mol. The molecule has 0 aliphatic carbocycles. The van der Waals surface area contributed by atoms with Crippen molar-refractivity contribution >= 4 is 5.69 Å². The maximum Gasteiger partial charge on any atom is 0.0724 e. The molecular formula is C10H20N4. The summed E-state index contributed by atoms with van der Waals surface area (Å²) >= 11 is 0. The van der Waals surface area contributed by atoms with Gasteiger partial charge in [0.25, 0.3) is 0 Å². The number of rotatable bonds is 6. The van der Waals surface area contributed by atoms with Crippen LogP contribution in [0.1, 0.15) is 25.8 Å². The Morgan fingerprint density at radius 1 is 1.50 bits per heavy atom. The lowest BCUT2D eigenvalue weighted by Gasteiger charge is -2.14. The van der Waals surface area contributed by atoms with E-state index in [0.717, 1.165) is 25.1 Å². The average molecular weight is 196 g/mol. The standard InChI is InChI=1S/C10H20N4/c1-4-10(5-6-11-2)14-8-9(12-3)7-13-14/h7-8,10-12H,4-6H2,1-3H3. The van der Waals surface area contributed by atoms with Crippen molar-refractivity contribution in [2.75, 3.05) is 26.0 Å². The van der Waals surface area contributed by atoms with E-state index in [1.165, 1.54) is 0 Å². The van der Waals surface area contributed by atoms with Crippen LogP contribution < -0.4 is 10.6 Å². The van der Waals surface area contributed by atoms with Gasteiger partial charge < -0.3 is 10.6 Å². The third-order valence-electron chi connectivity index (χ3n) is 2.46. The Morgan fingerprint density at radius 2 is 2.29 bits per heavy atom. The summed E-state index contributed by atoms with van der Waals surface area (Å²) in [6.07, 6.45) is 6.16. The van der Waals surface area contributed by atoms with Crippen molar-refractivity contribution in [2.24, 2.45) is 0 Å². The van der Waals surface area contributed by atoms with Gasteiger partial charge in [0.15, 0.2) is 0 Å². The third-order valence-corrected chi connectivity index (χ3v) is 2.46. The first-order valence-electron chi connectivity index (χ1n) is 5.18. The molecule has 4 nitrogen and oxygen atoms in total. The van der Waals surface area contributed by atoms with Gasteiger partial charge in [-0.3, -0.25) is 4.68 Å². The third kappa shape index (κ3) is 2.73. The van der Waals surface area contributed by atoms with E-state index in [-0.39, 0.29) is 0 Å². The molecule has 1 unspecified atom stereocenters. The average Bonchev–Trinajstić information content (AvgIpc) is 2.68. The molecule has 0 bridgehead atoms. The molecule has 14 heavy (non-hydrogen) atoms. The highest BCUT2D eigenvalue weighted by Gasteiger charge is 2.08. The molecule has 2 N–H and O–H groups in total. The number of hydrogen-bond donors (Lipinski definition) is 2. The smallest absolute Gasteiger partial charge is 0.0724 e. The normalized spacial score (nSPS) is 12.8. The Bertz CT molecular complexity index is 256. The summed E-state index contributed by atoms with van der Waals surface area (Å²) in [7, 11) is 3.89. The van der Waals surface area contributed by atoms with Gasteiger partial charge in [-0.05, 0) is 26.4 Å². The fourth-order valence-electron chi connectivity index (χ4n) is 1.50. The number of nitrogens with one attached hydrogen (secondary N) is 2. The Kier molecular flexibility index (Phi) is 4.46. The van der Waals surface area contributed by atoms with E-state index in [2.05, 4.69) is 28.9 Å². The minimum Gasteiger partial charge on any atom is -0.386 e. The molecule has 0 saturated heterocycles. The highest BCUT2D eigenvalue weighted by molar-refractivity contribution is 5.36. The van der Waals surface area contributed by atoms with E-state index in [4.69, 9.17) is 0 Å². The lowest BCUT2D eigenvalue weighted by Crippen LogP contribution is -2.16. The Morgan fingerprint density at radius 3 is 2.79 bits per heavy atom.